The van der Waals surface area contributed by atoms with Gasteiger partial charge in [-0.2, -0.15) is 0 Å². The molecule has 1 aliphatic rings. The van der Waals surface area contributed by atoms with Crippen molar-refractivity contribution in [2.24, 2.45) is 5.92 Å². The van der Waals surface area contributed by atoms with E-state index >= 15 is 0 Å². The van der Waals surface area contributed by atoms with Crippen LogP contribution in [0.3, 0.4) is 0 Å². The molecular weight excluding hydrogens is 274 g/mol. The first-order valence-electron chi connectivity index (χ1n) is 7.85. The average Bonchev–Trinajstić information content (AvgIpc) is 2.39. The molecule has 1 unspecified atom stereocenters. The number of halogens is 1. The van der Waals surface area contributed by atoms with Crippen LogP contribution in [0, 0.1) is 5.92 Å². The van der Waals surface area contributed by atoms with Gasteiger partial charge in [0.25, 0.3) is 0 Å². The highest BCUT2D eigenvalue weighted by Crippen LogP contribution is 2.15. The van der Waals surface area contributed by atoms with Gasteiger partial charge in [-0.1, -0.05) is 13.8 Å². The fourth-order valence-electron chi connectivity index (χ4n) is 2.94. The predicted octanol–water partition coefficient (Wildman–Crippen LogP) is 1.99. The van der Waals surface area contributed by atoms with Crippen molar-refractivity contribution in [1.29, 1.82) is 0 Å². The second-order valence-electron chi connectivity index (χ2n) is 5.68. The van der Waals surface area contributed by atoms with E-state index in [9.17, 15) is 4.79 Å². The fourth-order valence-corrected chi connectivity index (χ4v) is 2.94. The minimum atomic E-state index is 0. The van der Waals surface area contributed by atoms with E-state index in [1.807, 2.05) is 11.9 Å². The molecule has 120 valence electrons. The van der Waals surface area contributed by atoms with Crippen molar-refractivity contribution in [3.63, 3.8) is 0 Å². The maximum absolute atomic E-state index is 12.3. The van der Waals surface area contributed by atoms with E-state index in [4.69, 9.17) is 0 Å². The van der Waals surface area contributed by atoms with Gasteiger partial charge in [0.1, 0.15) is 0 Å². The summed E-state index contributed by atoms with van der Waals surface area (Å²) in [6, 6.07) is 0. The minimum Gasteiger partial charge on any atom is -0.342 e. The molecule has 1 heterocycles. The first-order chi connectivity index (χ1) is 9.21. The monoisotopic (exact) mass is 305 g/mol. The zero-order valence-corrected chi connectivity index (χ0v) is 14.2. The van der Waals surface area contributed by atoms with Gasteiger partial charge < -0.3 is 10.2 Å². The number of nitrogens with one attached hydrogen (secondary N) is 1. The summed E-state index contributed by atoms with van der Waals surface area (Å²) in [4.78, 5) is 16.7. The maximum atomic E-state index is 12.3. The fraction of sp³-hybridized carbons (Fsp3) is 0.933. The highest BCUT2D eigenvalue weighted by atomic mass is 35.5. The van der Waals surface area contributed by atoms with Crippen LogP contribution in [-0.4, -0.2) is 62.0 Å². The van der Waals surface area contributed by atoms with Gasteiger partial charge in [-0.25, -0.2) is 0 Å². The smallest absolute Gasteiger partial charge is 0.236 e. The van der Waals surface area contributed by atoms with Gasteiger partial charge in [-0.05, 0) is 51.7 Å². The van der Waals surface area contributed by atoms with Crippen LogP contribution in [0.2, 0.25) is 0 Å². The third kappa shape index (κ3) is 6.91. The van der Waals surface area contributed by atoms with Gasteiger partial charge in [0.15, 0.2) is 0 Å². The quantitative estimate of drug-likeness (QED) is 0.745. The summed E-state index contributed by atoms with van der Waals surface area (Å²) in [7, 11) is 2.01. The highest BCUT2D eigenvalue weighted by Gasteiger charge is 2.22. The summed E-state index contributed by atoms with van der Waals surface area (Å²) in [5.41, 5.74) is 0. The molecule has 4 nitrogen and oxygen atoms in total. The van der Waals surface area contributed by atoms with Crippen LogP contribution in [0.25, 0.3) is 0 Å². The maximum Gasteiger partial charge on any atom is 0.236 e. The van der Waals surface area contributed by atoms with E-state index in [1.54, 1.807) is 0 Å². The first-order valence-corrected chi connectivity index (χ1v) is 7.85. The van der Waals surface area contributed by atoms with Crippen molar-refractivity contribution < 1.29 is 4.79 Å². The van der Waals surface area contributed by atoms with Gasteiger partial charge >= 0.3 is 0 Å². The van der Waals surface area contributed by atoms with Gasteiger partial charge in [-0.15, -0.1) is 12.4 Å². The number of hydrogen-bond donors (Lipinski definition) is 1. The van der Waals surface area contributed by atoms with E-state index in [0.717, 1.165) is 45.6 Å². The Kier molecular flexibility index (Phi) is 11.2. The summed E-state index contributed by atoms with van der Waals surface area (Å²) in [5.74, 6) is 1.02. The van der Waals surface area contributed by atoms with Crippen molar-refractivity contribution in [2.75, 3.05) is 46.3 Å². The van der Waals surface area contributed by atoms with Crippen molar-refractivity contribution in [3.8, 4) is 0 Å². The van der Waals surface area contributed by atoms with Crippen molar-refractivity contribution >= 4 is 18.3 Å². The Bertz CT molecular complexity index is 256. The van der Waals surface area contributed by atoms with Gasteiger partial charge in [0.05, 0.1) is 6.54 Å². The Labute approximate surface area is 130 Å². The Balaban J connectivity index is 0.00000361. The molecule has 5 heteroatoms. The van der Waals surface area contributed by atoms with Crippen LogP contribution < -0.4 is 5.32 Å². The Morgan fingerprint density at radius 3 is 2.50 bits per heavy atom. The van der Waals surface area contributed by atoms with Crippen LogP contribution in [-0.2, 0) is 4.79 Å². The summed E-state index contributed by atoms with van der Waals surface area (Å²) in [6.07, 6.45) is 4.61. The minimum absolute atomic E-state index is 0. The standard InChI is InChI=1S/C15H31N3O.ClH/c1-4-8-18(9-5-2)15(19)13-17-10-6-7-14(12-17)11-16-3;/h14,16H,4-13H2,1-3H3;1H. The third-order valence-corrected chi connectivity index (χ3v) is 3.79. The summed E-state index contributed by atoms with van der Waals surface area (Å²) < 4.78 is 0. The number of rotatable bonds is 8. The van der Waals surface area contributed by atoms with Gasteiger partial charge in [0, 0.05) is 19.6 Å². The van der Waals surface area contributed by atoms with Crippen LogP contribution >= 0.6 is 12.4 Å². The molecule has 1 saturated heterocycles. The third-order valence-electron chi connectivity index (χ3n) is 3.79. The van der Waals surface area contributed by atoms with Crippen LogP contribution in [0.5, 0.6) is 0 Å². The second-order valence-corrected chi connectivity index (χ2v) is 5.68. The molecule has 0 spiro atoms. The number of nitrogens with zero attached hydrogens (tertiary/aromatic N) is 2. The molecule has 1 atom stereocenters. The topological polar surface area (TPSA) is 35.6 Å². The Morgan fingerprint density at radius 1 is 1.30 bits per heavy atom. The molecule has 1 fully saturated rings. The lowest BCUT2D eigenvalue weighted by Crippen LogP contribution is -2.46. The van der Waals surface area contributed by atoms with Crippen LogP contribution in [0.15, 0.2) is 0 Å². The van der Waals surface area contributed by atoms with Crippen molar-refractivity contribution in [2.45, 2.75) is 39.5 Å². The molecule has 1 amide bonds. The molecule has 0 aromatic heterocycles. The predicted molar refractivity (Wildman–Crippen MR) is 87.5 cm³/mol. The number of likely N-dealkylation sites (tertiary alicyclic amines) is 1. The SMILES string of the molecule is CCCN(CCC)C(=O)CN1CCCC(CNC)C1.Cl. The van der Waals surface area contributed by atoms with E-state index < -0.39 is 0 Å². The van der Waals surface area contributed by atoms with Crippen molar-refractivity contribution in [1.82, 2.24) is 15.1 Å². The first kappa shape index (κ1) is 19.7. The molecule has 0 radical (unpaired) electrons. The normalized spacial score (nSPS) is 19.4. The largest absolute Gasteiger partial charge is 0.342 e. The molecule has 1 N–H and O–H groups in total. The molecule has 1 rings (SSSR count). The van der Waals surface area contributed by atoms with Crippen LogP contribution in [0.1, 0.15) is 39.5 Å². The van der Waals surface area contributed by atoms with E-state index in [1.165, 1.54) is 12.8 Å². The molecule has 0 aliphatic carbocycles. The number of carbonyl (C=O) groups excluding carboxylic acids is 1. The molecule has 1 aliphatic heterocycles. The summed E-state index contributed by atoms with van der Waals surface area (Å²) in [5, 5.41) is 3.25. The molecule has 20 heavy (non-hydrogen) atoms. The number of amides is 1. The van der Waals surface area contributed by atoms with Crippen LogP contribution in [0.4, 0.5) is 0 Å². The van der Waals surface area contributed by atoms with E-state index in [2.05, 4.69) is 24.1 Å². The van der Waals surface area contributed by atoms with Gasteiger partial charge in [0.2, 0.25) is 5.91 Å². The number of hydrogen-bond acceptors (Lipinski definition) is 3. The zero-order valence-electron chi connectivity index (χ0n) is 13.4. The number of carbonyl (C=O) groups is 1. The zero-order chi connectivity index (χ0) is 14.1. The molecule has 0 aromatic carbocycles. The molecule has 0 bridgehead atoms. The lowest BCUT2D eigenvalue weighted by molar-refractivity contribution is -0.133. The Hall–Kier alpha value is -0.320. The molecule has 0 aromatic rings. The van der Waals surface area contributed by atoms with E-state index in [0.29, 0.717) is 18.4 Å². The lowest BCUT2D eigenvalue weighted by Gasteiger charge is -2.33. The Morgan fingerprint density at radius 2 is 1.95 bits per heavy atom. The lowest BCUT2D eigenvalue weighted by atomic mass is 9.98. The van der Waals surface area contributed by atoms with Crippen molar-refractivity contribution in [3.05, 3.63) is 0 Å². The molecular formula is C15H32ClN3O. The molecule has 0 saturated carbocycles. The van der Waals surface area contributed by atoms with Gasteiger partial charge in [-0.3, -0.25) is 9.69 Å². The highest BCUT2D eigenvalue weighted by molar-refractivity contribution is 5.85. The average molecular weight is 306 g/mol. The summed E-state index contributed by atoms with van der Waals surface area (Å²) >= 11 is 0. The summed E-state index contributed by atoms with van der Waals surface area (Å²) in [6.45, 7) is 9.91. The number of piperidine rings is 1. The van der Waals surface area contributed by atoms with E-state index in [-0.39, 0.29) is 12.4 Å². The second kappa shape index (κ2) is 11.4.